The predicted molar refractivity (Wildman–Crippen MR) is 84.4 cm³/mol. The van der Waals surface area contributed by atoms with E-state index >= 15 is 0 Å². The number of rotatable bonds is 3. The molecule has 1 fully saturated rings. The van der Waals surface area contributed by atoms with E-state index in [4.69, 9.17) is 10.2 Å². The molecule has 3 N–H and O–H groups in total. The van der Waals surface area contributed by atoms with E-state index in [0.717, 1.165) is 36.8 Å². The average Bonchev–Trinajstić information content (AvgIpc) is 3.00. The summed E-state index contributed by atoms with van der Waals surface area (Å²) in [6, 6.07) is 8.29. The Labute approximate surface area is 129 Å². The van der Waals surface area contributed by atoms with Crippen LogP contribution in [0.3, 0.4) is 0 Å². The van der Waals surface area contributed by atoms with Crippen molar-refractivity contribution in [2.24, 2.45) is 5.73 Å². The van der Waals surface area contributed by atoms with Gasteiger partial charge in [-0.25, -0.2) is 4.98 Å². The summed E-state index contributed by atoms with van der Waals surface area (Å²) in [6.07, 6.45) is 5.07. The quantitative estimate of drug-likeness (QED) is 0.913. The number of hydrogen-bond donors (Lipinski definition) is 2. The topological polar surface area (TPSA) is 81.2 Å². The molecule has 22 heavy (non-hydrogen) atoms. The summed E-state index contributed by atoms with van der Waals surface area (Å²) in [4.78, 5) is 16.5. The van der Waals surface area contributed by atoms with Gasteiger partial charge in [0.2, 0.25) is 0 Å². The van der Waals surface area contributed by atoms with Gasteiger partial charge in [-0.05, 0) is 32.6 Å². The van der Waals surface area contributed by atoms with Gasteiger partial charge in [0.1, 0.15) is 0 Å². The molecule has 1 aliphatic carbocycles. The number of nitrogens with one attached hydrogen (secondary N) is 1. The third-order valence-corrected chi connectivity index (χ3v) is 4.20. The van der Waals surface area contributed by atoms with Crippen LogP contribution < -0.4 is 11.1 Å². The fourth-order valence-corrected chi connectivity index (χ4v) is 2.83. The summed E-state index contributed by atoms with van der Waals surface area (Å²) < 4.78 is 5.43. The summed E-state index contributed by atoms with van der Waals surface area (Å²) in [7, 11) is 0. The molecule has 5 heteroatoms. The molecule has 0 spiro atoms. The molecular formula is C17H21N3O2. The van der Waals surface area contributed by atoms with Crippen molar-refractivity contribution < 1.29 is 9.21 Å². The summed E-state index contributed by atoms with van der Waals surface area (Å²) in [6.45, 7) is 2.02. The molecule has 1 aromatic carbocycles. The molecule has 0 radical (unpaired) electrons. The number of nitrogens with zero attached hydrogens (tertiary/aromatic N) is 1. The summed E-state index contributed by atoms with van der Waals surface area (Å²) in [5.41, 5.74) is 8.26. The van der Waals surface area contributed by atoms with E-state index in [-0.39, 0.29) is 18.0 Å². The SMILES string of the molecule is Cc1ccc(-c2ocnc2C(=O)NC2CCC(N)CC2)cc1. The lowest BCUT2D eigenvalue weighted by Gasteiger charge is -2.26. The van der Waals surface area contributed by atoms with Gasteiger partial charge in [-0.1, -0.05) is 29.8 Å². The van der Waals surface area contributed by atoms with E-state index in [1.165, 1.54) is 6.39 Å². The van der Waals surface area contributed by atoms with Crippen molar-refractivity contribution >= 4 is 5.91 Å². The van der Waals surface area contributed by atoms with Crippen molar-refractivity contribution in [1.29, 1.82) is 0 Å². The van der Waals surface area contributed by atoms with Gasteiger partial charge in [-0.2, -0.15) is 0 Å². The molecule has 1 heterocycles. The van der Waals surface area contributed by atoms with E-state index in [9.17, 15) is 4.79 Å². The number of oxazole rings is 1. The number of hydrogen-bond acceptors (Lipinski definition) is 4. The molecule has 1 aromatic heterocycles. The number of nitrogens with two attached hydrogens (primary N) is 1. The second-order valence-electron chi connectivity index (χ2n) is 5.98. The molecule has 0 aliphatic heterocycles. The van der Waals surface area contributed by atoms with Gasteiger partial charge in [0, 0.05) is 17.6 Å². The maximum Gasteiger partial charge on any atom is 0.274 e. The zero-order chi connectivity index (χ0) is 15.5. The van der Waals surface area contributed by atoms with Gasteiger partial charge in [0.05, 0.1) is 0 Å². The maximum absolute atomic E-state index is 12.5. The molecule has 0 atom stereocenters. The van der Waals surface area contributed by atoms with Crippen LogP contribution in [0.2, 0.25) is 0 Å². The van der Waals surface area contributed by atoms with Crippen molar-refractivity contribution in [3.8, 4) is 11.3 Å². The minimum atomic E-state index is -0.176. The molecule has 0 saturated heterocycles. The van der Waals surface area contributed by atoms with E-state index in [0.29, 0.717) is 11.5 Å². The lowest BCUT2D eigenvalue weighted by atomic mass is 9.92. The smallest absolute Gasteiger partial charge is 0.274 e. The maximum atomic E-state index is 12.5. The Morgan fingerprint density at radius 2 is 1.91 bits per heavy atom. The number of benzene rings is 1. The number of aromatic nitrogens is 1. The van der Waals surface area contributed by atoms with Crippen molar-refractivity contribution in [2.75, 3.05) is 0 Å². The molecule has 0 bridgehead atoms. The Morgan fingerprint density at radius 1 is 1.23 bits per heavy atom. The lowest BCUT2D eigenvalue weighted by Crippen LogP contribution is -2.40. The average molecular weight is 299 g/mol. The molecule has 1 aliphatic rings. The Morgan fingerprint density at radius 3 is 2.59 bits per heavy atom. The highest BCUT2D eigenvalue weighted by Crippen LogP contribution is 2.24. The van der Waals surface area contributed by atoms with Gasteiger partial charge >= 0.3 is 0 Å². The normalized spacial score (nSPS) is 21.5. The Kier molecular flexibility index (Phi) is 4.24. The van der Waals surface area contributed by atoms with Crippen molar-refractivity contribution in [3.63, 3.8) is 0 Å². The molecule has 1 saturated carbocycles. The minimum Gasteiger partial charge on any atom is -0.443 e. The molecule has 3 rings (SSSR count). The monoisotopic (exact) mass is 299 g/mol. The number of carbonyl (C=O) groups is 1. The molecule has 2 aromatic rings. The van der Waals surface area contributed by atoms with Gasteiger partial charge in [-0.3, -0.25) is 4.79 Å². The summed E-state index contributed by atoms with van der Waals surface area (Å²) >= 11 is 0. The van der Waals surface area contributed by atoms with Crippen LogP contribution >= 0.6 is 0 Å². The molecule has 1 amide bonds. The van der Waals surface area contributed by atoms with Gasteiger partial charge in [-0.15, -0.1) is 0 Å². The highest BCUT2D eigenvalue weighted by molar-refractivity contribution is 5.97. The fourth-order valence-electron chi connectivity index (χ4n) is 2.83. The van der Waals surface area contributed by atoms with Gasteiger partial charge in [0.15, 0.2) is 17.8 Å². The van der Waals surface area contributed by atoms with Crippen molar-refractivity contribution in [3.05, 3.63) is 41.9 Å². The second kappa shape index (κ2) is 6.32. The first-order valence-corrected chi connectivity index (χ1v) is 7.70. The van der Waals surface area contributed by atoms with E-state index < -0.39 is 0 Å². The van der Waals surface area contributed by atoms with Crippen LogP contribution in [0, 0.1) is 6.92 Å². The largest absolute Gasteiger partial charge is 0.443 e. The molecule has 0 unspecified atom stereocenters. The predicted octanol–water partition coefficient (Wildman–Crippen LogP) is 2.65. The van der Waals surface area contributed by atoms with Crippen LogP contribution in [0.1, 0.15) is 41.7 Å². The van der Waals surface area contributed by atoms with Gasteiger partial charge in [0.25, 0.3) is 5.91 Å². The van der Waals surface area contributed by atoms with Crippen molar-refractivity contribution in [2.45, 2.75) is 44.7 Å². The van der Waals surface area contributed by atoms with Crippen LogP contribution in [0.4, 0.5) is 0 Å². The van der Waals surface area contributed by atoms with E-state index in [1.54, 1.807) is 0 Å². The number of amides is 1. The van der Waals surface area contributed by atoms with Crippen LogP contribution in [-0.4, -0.2) is 23.0 Å². The van der Waals surface area contributed by atoms with Crippen LogP contribution in [0.25, 0.3) is 11.3 Å². The molecule has 116 valence electrons. The highest BCUT2D eigenvalue weighted by Gasteiger charge is 2.24. The second-order valence-corrected chi connectivity index (χ2v) is 5.98. The third-order valence-electron chi connectivity index (χ3n) is 4.20. The summed E-state index contributed by atoms with van der Waals surface area (Å²) in [5.74, 6) is 0.342. The Hall–Kier alpha value is -2.14. The zero-order valence-electron chi connectivity index (χ0n) is 12.7. The standard InChI is InChI=1S/C17H21N3O2/c1-11-2-4-12(5-3-11)16-15(19-10-22-16)17(21)20-14-8-6-13(18)7-9-14/h2-5,10,13-14H,6-9,18H2,1H3,(H,20,21). The zero-order valence-corrected chi connectivity index (χ0v) is 12.7. The highest BCUT2D eigenvalue weighted by atomic mass is 16.3. The first-order chi connectivity index (χ1) is 10.6. The first kappa shape index (κ1) is 14.8. The number of aryl methyl sites for hydroxylation is 1. The third kappa shape index (κ3) is 3.20. The molecular weight excluding hydrogens is 278 g/mol. The summed E-state index contributed by atoms with van der Waals surface area (Å²) in [5, 5.41) is 3.05. The first-order valence-electron chi connectivity index (χ1n) is 7.70. The van der Waals surface area contributed by atoms with Crippen molar-refractivity contribution in [1.82, 2.24) is 10.3 Å². The van der Waals surface area contributed by atoms with Crippen LogP contribution in [0.15, 0.2) is 35.1 Å². The van der Waals surface area contributed by atoms with Crippen LogP contribution in [0.5, 0.6) is 0 Å². The van der Waals surface area contributed by atoms with E-state index in [2.05, 4.69) is 10.3 Å². The lowest BCUT2D eigenvalue weighted by molar-refractivity contribution is 0.0921. The van der Waals surface area contributed by atoms with Crippen LogP contribution in [-0.2, 0) is 0 Å². The van der Waals surface area contributed by atoms with Gasteiger partial charge < -0.3 is 15.5 Å². The molecule has 5 nitrogen and oxygen atoms in total. The number of carbonyl (C=O) groups excluding carboxylic acids is 1. The minimum absolute atomic E-state index is 0.176. The fraction of sp³-hybridized carbons (Fsp3) is 0.412. The Balaban J connectivity index is 1.74. The Bertz CT molecular complexity index is 640. The van der Waals surface area contributed by atoms with E-state index in [1.807, 2.05) is 31.2 Å².